The van der Waals surface area contributed by atoms with E-state index >= 15 is 0 Å². The summed E-state index contributed by atoms with van der Waals surface area (Å²) in [5.41, 5.74) is 8.75. The molecule has 3 aromatic rings. The minimum Gasteiger partial charge on any atom is -0.382 e. The van der Waals surface area contributed by atoms with Crippen molar-refractivity contribution < 1.29 is 0 Å². The molecule has 0 atom stereocenters. The number of aromatic nitrogens is 4. The highest BCUT2D eigenvalue weighted by Crippen LogP contribution is 2.36. The molecule has 3 aromatic heterocycles. The van der Waals surface area contributed by atoms with Crippen molar-refractivity contribution in [2.45, 2.75) is 6.92 Å². The third-order valence-electron chi connectivity index (χ3n) is 2.63. The van der Waals surface area contributed by atoms with Gasteiger partial charge >= 0.3 is 0 Å². The van der Waals surface area contributed by atoms with E-state index in [0.717, 1.165) is 26.7 Å². The summed E-state index contributed by atoms with van der Waals surface area (Å²) in [6, 6.07) is 3.83. The van der Waals surface area contributed by atoms with Gasteiger partial charge in [-0.25, -0.2) is 4.98 Å². The number of pyridine rings is 1. The molecule has 0 fully saturated rings. The predicted octanol–water partition coefficient (Wildman–Crippen LogP) is 2.49. The lowest BCUT2D eigenvalue weighted by atomic mass is 10.1. The number of hydrogen-bond acceptors (Lipinski definition) is 5. The van der Waals surface area contributed by atoms with Crippen molar-refractivity contribution in [3.8, 4) is 21.7 Å². The number of thiazole rings is 1. The van der Waals surface area contributed by atoms with Crippen LogP contribution in [0.3, 0.4) is 0 Å². The van der Waals surface area contributed by atoms with Gasteiger partial charge in [-0.2, -0.15) is 5.10 Å². The zero-order chi connectivity index (χ0) is 12.5. The Balaban J connectivity index is 2.18. The van der Waals surface area contributed by atoms with E-state index in [1.165, 1.54) is 0 Å². The highest BCUT2D eigenvalue weighted by atomic mass is 32.1. The molecule has 3 N–H and O–H groups in total. The standard InChI is InChI=1S/C12H11N5S/c1-7-15-6-9(18-7)11-10(12(13)17-16-11)8-2-4-14-5-3-8/h2-6H,1H3,(H3,13,16,17). The molecule has 0 saturated heterocycles. The van der Waals surface area contributed by atoms with Crippen LogP contribution in [0.5, 0.6) is 0 Å². The summed E-state index contributed by atoms with van der Waals surface area (Å²) in [7, 11) is 0. The first-order valence-electron chi connectivity index (χ1n) is 5.43. The van der Waals surface area contributed by atoms with E-state index in [9.17, 15) is 0 Å². The SMILES string of the molecule is Cc1ncc(-c2[nH]nc(N)c2-c2ccncc2)s1. The molecule has 0 bridgehead atoms. The van der Waals surface area contributed by atoms with Gasteiger partial charge < -0.3 is 5.73 Å². The lowest BCUT2D eigenvalue weighted by molar-refractivity contribution is 1.10. The van der Waals surface area contributed by atoms with Crippen molar-refractivity contribution in [1.29, 1.82) is 0 Å². The number of rotatable bonds is 2. The smallest absolute Gasteiger partial charge is 0.153 e. The van der Waals surface area contributed by atoms with Crippen molar-refractivity contribution in [2.75, 3.05) is 5.73 Å². The largest absolute Gasteiger partial charge is 0.382 e. The number of H-pyrrole nitrogens is 1. The Morgan fingerprint density at radius 2 is 2.06 bits per heavy atom. The number of anilines is 1. The molecule has 0 saturated carbocycles. The van der Waals surface area contributed by atoms with Crippen LogP contribution < -0.4 is 5.73 Å². The minimum atomic E-state index is 0.488. The summed E-state index contributed by atoms with van der Waals surface area (Å²) >= 11 is 1.61. The molecule has 0 aliphatic carbocycles. The summed E-state index contributed by atoms with van der Waals surface area (Å²) in [6.45, 7) is 1.97. The molecule has 0 aromatic carbocycles. The molecule has 5 nitrogen and oxygen atoms in total. The fourth-order valence-electron chi connectivity index (χ4n) is 1.82. The van der Waals surface area contributed by atoms with Gasteiger partial charge in [0.2, 0.25) is 0 Å². The van der Waals surface area contributed by atoms with E-state index in [-0.39, 0.29) is 0 Å². The summed E-state index contributed by atoms with van der Waals surface area (Å²) in [5, 5.41) is 8.08. The zero-order valence-electron chi connectivity index (χ0n) is 9.71. The van der Waals surface area contributed by atoms with Gasteiger partial charge in [0.15, 0.2) is 5.82 Å². The number of aryl methyl sites for hydroxylation is 1. The zero-order valence-corrected chi connectivity index (χ0v) is 10.5. The maximum atomic E-state index is 5.94. The van der Waals surface area contributed by atoms with E-state index in [1.54, 1.807) is 23.7 Å². The van der Waals surface area contributed by atoms with Crippen molar-refractivity contribution in [1.82, 2.24) is 20.2 Å². The summed E-state index contributed by atoms with van der Waals surface area (Å²) < 4.78 is 0. The van der Waals surface area contributed by atoms with Gasteiger partial charge in [0, 0.05) is 18.6 Å². The predicted molar refractivity (Wildman–Crippen MR) is 72.1 cm³/mol. The van der Waals surface area contributed by atoms with E-state index in [1.807, 2.05) is 25.3 Å². The molecule has 18 heavy (non-hydrogen) atoms. The molecule has 0 spiro atoms. The average Bonchev–Trinajstić information content (AvgIpc) is 2.96. The molecular formula is C12H11N5S. The average molecular weight is 257 g/mol. The van der Waals surface area contributed by atoms with E-state index in [0.29, 0.717) is 5.82 Å². The molecule has 0 aliphatic rings. The number of nitrogens with one attached hydrogen (secondary N) is 1. The number of nitrogens with zero attached hydrogens (tertiary/aromatic N) is 3. The first-order valence-corrected chi connectivity index (χ1v) is 6.24. The molecule has 3 rings (SSSR count). The maximum Gasteiger partial charge on any atom is 0.153 e. The lowest BCUT2D eigenvalue weighted by Gasteiger charge is -2.01. The van der Waals surface area contributed by atoms with Gasteiger partial charge in [0.25, 0.3) is 0 Å². The molecular weight excluding hydrogens is 246 g/mol. The molecule has 0 unspecified atom stereocenters. The van der Waals surface area contributed by atoms with E-state index in [2.05, 4.69) is 20.2 Å². The van der Waals surface area contributed by atoms with Crippen LogP contribution in [0.25, 0.3) is 21.7 Å². The van der Waals surface area contributed by atoms with Crippen LogP contribution in [-0.2, 0) is 0 Å². The Kier molecular flexibility index (Phi) is 2.56. The van der Waals surface area contributed by atoms with Gasteiger partial charge in [-0.3, -0.25) is 10.1 Å². The fourth-order valence-corrected chi connectivity index (χ4v) is 2.60. The van der Waals surface area contributed by atoms with E-state index < -0.39 is 0 Å². The maximum absolute atomic E-state index is 5.94. The van der Waals surface area contributed by atoms with Gasteiger partial charge in [-0.1, -0.05) is 0 Å². The summed E-state index contributed by atoms with van der Waals surface area (Å²) in [4.78, 5) is 9.30. The van der Waals surface area contributed by atoms with Gasteiger partial charge in [-0.15, -0.1) is 11.3 Å². The molecule has 90 valence electrons. The van der Waals surface area contributed by atoms with Crippen LogP contribution in [-0.4, -0.2) is 20.2 Å². The Morgan fingerprint density at radius 3 is 2.72 bits per heavy atom. The second kappa shape index (κ2) is 4.23. The van der Waals surface area contributed by atoms with Crippen LogP contribution in [0, 0.1) is 6.92 Å². The van der Waals surface area contributed by atoms with Crippen molar-refractivity contribution in [3.05, 3.63) is 35.7 Å². The second-order valence-electron chi connectivity index (χ2n) is 3.84. The second-order valence-corrected chi connectivity index (χ2v) is 5.07. The monoisotopic (exact) mass is 257 g/mol. The first-order chi connectivity index (χ1) is 8.75. The van der Waals surface area contributed by atoms with Gasteiger partial charge in [0.1, 0.15) is 0 Å². The molecule has 6 heteroatoms. The van der Waals surface area contributed by atoms with Crippen LogP contribution in [0.4, 0.5) is 5.82 Å². The topological polar surface area (TPSA) is 80.5 Å². The fraction of sp³-hybridized carbons (Fsp3) is 0.0833. The number of hydrogen-bond donors (Lipinski definition) is 2. The van der Waals surface area contributed by atoms with Crippen LogP contribution in [0.1, 0.15) is 5.01 Å². The Hall–Kier alpha value is -2.21. The molecule has 3 heterocycles. The van der Waals surface area contributed by atoms with Crippen LogP contribution in [0.15, 0.2) is 30.7 Å². The van der Waals surface area contributed by atoms with Gasteiger partial charge in [0.05, 0.1) is 21.1 Å². The highest BCUT2D eigenvalue weighted by Gasteiger charge is 2.16. The number of aromatic amines is 1. The Morgan fingerprint density at radius 1 is 1.28 bits per heavy atom. The van der Waals surface area contributed by atoms with Crippen molar-refractivity contribution in [3.63, 3.8) is 0 Å². The number of nitrogens with two attached hydrogens (primary N) is 1. The van der Waals surface area contributed by atoms with Crippen molar-refractivity contribution >= 4 is 17.2 Å². The van der Waals surface area contributed by atoms with E-state index in [4.69, 9.17) is 5.73 Å². The summed E-state index contributed by atoms with van der Waals surface area (Å²) in [5.74, 6) is 0.488. The Labute approximate surface area is 108 Å². The third-order valence-corrected chi connectivity index (χ3v) is 3.56. The molecule has 0 aliphatic heterocycles. The molecule has 0 radical (unpaired) electrons. The minimum absolute atomic E-state index is 0.488. The quantitative estimate of drug-likeness (QED) is 0.739. The van der Waals surface area contributed by atoms with Crippen LogP contribution >= 0.6 is 11.3 Å². The highest BCUT2D eigenvalue weighted by molar-refractivity contribution is 7.15. The lowest BCUT2D eigenvalue weighted by Crippen LogP contribution is -1.88. The normalized spacial score (nSPS) is 10.7. The summed E-state index contributed by atoms with van der Waals surface area (Å²) in [6.07, 6.45) is 5.31. The Bertz CT molecular complexity index is 671. The third kappa shape index (κ3) is 1.76. The van der Waals surface area contributed by atoms with Gasteiger partial charge in [-0.05, 0) is 24.6 Å². The molecule has 0 amide bonds. The van der Waals surface area contributed by atoms with Crippen molar-refractivity contribution in [2.24, 2.45) is 0 Å². The van der Waals surface area contributed by atoms with Crippen LogP contribution in [0.2, 0.25) is 0 Å². The first kappa shape index (κ1) is 10.9. The number of nitrogen functional groups attached to an aromatic ring is 1.